The molecule has 1 saturated heterocycles. The van der Waals surface area contributed by atoms with Crippen molar-refractivity contribution in [1.29, 1.82) is 0 Å². The van der Waals surface area contributed by atoms with Gasteiger partial charge in [-0.2, -0.15) is 0 Å². The number of sulfone groups is 1. The number of urea groups is 1. The molecule has 9 nitrogen and oxygen atoms in total. The largest absolute Gasteiger partial charge is 0.382 e. The van der Waals surface area contributed by atoms with Gasteiger partial charge in [-0.05, 0) is 6.42 Å². The number of anilines is 1. The first-order valence-electron chi connectivity index (χ1n) is 6.62. The molecule has 1 N–H and O–H groups in total. The van der Waals surface area contributed by atoms with Crippen LogP contribution >= 0.6 is 11.3 Å². The molecule has 0 bridgehead atoms. The van der Waals surface area contributed by atoms with Crippen molar-refractivity contribution in [2.24, 2.45) is 0 Å². The van der Waals surface area contributed by atoms with Gasteiger partial charge in [-0.1, -0.05) is 18.3 Å². The Balaban J connectivity index is 2.29. The average Bonchev–Trinajstić information content (AvgIpc) is 3.00. The Morgan fingerprint density at radius 1 is 1.41 bits per heavy atom. The highest BCUT2D eigenvalue weighted by Crippen LogP contribution is 2.31. The zero-order valence-corrected chi connectivity index (χ0v) is 14.1. The summed E-state index contributed by atoms with van der Waals surface area (Å²) < 4.78 is 28.8. The maximum Gasteiger partial charge on any atom is 0.328 e. The van der Waals surface area contributed by atoms with Crippen LogP contribution in [-0.2, 0) is 14.6 Å². The third kappa shape index (κ3) is 2.93. The molecule has 22 heavy (non-hydrogen) atoms. The van der Waals surface area contributed by atoms with E-state index in [1.807, 2.05) is 0 Å². The smallest absolute Gasteiger partial charge is 0.328 e. The van der Waals surface area contributed by atoms with Crippen molar-refractivity contribution in [2.75, 3.05) is 31.4 Å². The van der Waals surface area contributed by atoms with E-state index in [9.17, 15) is 18.3 Å². The van der Waals surface area contributed by atoms with Crippen LogP contribution in [0.15, 0.2) is 4.34 Å². The number of amides is 2. The quantitative estimate of drug-likeness (QED) is 0.714. The highest BCUT2D eigenvalue weighted by atomic mass is 32.2. The Morgan fingerprint density at radius 2 is 2.09 bits per heavy atom. The molecule has 2 heterocycles. The summed E-state index contributed by atoms with van der Waals surface area (Å²) in [6.45, 7) is 1.90. The van der Waals surface area contributed by atoms with Gasteiger partial charge in [-0.15, -0.1) is 10.2 Å². The highest BCUT2D eigenvalue weighted by molar-refractivity contribution is 7.93. The fourth-order valence-electron chi connectivity index (χ4n) is 2.14. The predicted molar refractivity (Wildman–Crippen MR) is 79.6 cm³/mol. The molecule has 1 aromatic heterocycles. The van der Waals surface area contributed by atoms with Crippen LogP contribution in [0.2, 0.25) is 0 Å². The van der Waals surface area contributed by atoms with Crippen molar-refractivity contribution < 1.29 is 23.1 Å². The van der Waals surface area contributed by atoms with Crippen molar-refractivity contribution in [2.45, 2.75) is 30.0 Å². The first-order valence-corrected chi connectivity index (χ1v) is 9.09. The minimum atomic E-state index is -3.50. The molecular formula is C11H18N4O5S2. The topological polar surface area (TPSA) is 113 Å². The van der Waals surface area contributed by atoms with Gasteiger partial charge in [0.1, 0.15) is 6.04 Å². The summed E-state index contributed by atoms with van der Waals surface area (Å²) in [5.41, 5.74) is 0. The Bertz CT molecular complexity index is 647. The van der Waals surface area contributed by atoms with Crippen LogP contribution in [0.1, 0.15) is 13.3 Å². The van der Waals surface area contributed by atoms with E-state index in [0.717, 1.165) is 16.2 Å². The molecule has 1 aliphatic rings. The van der Waals surface area contributed by atoms with Gasteiger partial charge in [0.2, 0.25) is 19.3 Å². The molecule has 0 radical (unpaired) electrons. The second-order valence-corrected chi connectivity index (χ2v) is 8.11. The van der Waals surface area contributed by atoms with Crippen LogP contribution in [0.3, 0.4) is 0 Å². The SMILES string of the molecule is CCCS(=O)(=O)c1nnc(N2C(=O)N(C)C(COC)C2O)s1. The Labute approximate surface area is 132 Å². The Morgan fingerprint density at radius 3 is 2.68 bits per heavy atom. The number of carbonyl (C=O) groups is 1. The van der Waals surface area contributed by atoms with Gasteiger partial charge in [-0.25, -0.2) is 18.1 Å². The Kier molecular flexibility index (Phi) is 5.00. The molecule has 2 atom stereocenters. The number of hydrogen-bond donors (Lipinski definition) is 1. The molecule has 124 valence electrons. The van der Waals surface area contributed by atoms with Gasteiger partial charge in [-0.3, -0.25) is 0 Å². The fourth-order valence-corrected chi connectivity index (χ4v) is 4.60. The van der Waals surface area contributed by atoms with E-state index in [2.05, 4.69) is 10.2 Å². The summed E-state index contributed by atoms with van der Waals surface area (Å²) in [7, 11) is -0.505. The van der Waals surface area contributed by atoms with Crippen LogP contribution in [0, 0.1) is 0 Å². The third-order valence-electron chi connectivity index (χ3n) is 3.29. The number of carbonyl (C=O) groups excluding carboxylic acids is 1. The lowest BCUT2D eigenvalue weighted by Gasteiger charge is -2.19. The van der Waals surface area contributed by atoms with Crippen LogP contribution in [0.4, 0.5) is 9.93 Å². The van der Waals surface area contributed by atoms with Crippen molar-refractivity contribution in [3.63, 3.8) is 0 Å². The van der Waals surface area contributed by atoms with Crippen LogP contribution < -0.4 is 4.90 Å². The summed E-state index contributed by atoms with van der Waals surface area (Å²) in [4.78, 5) is 14.6. The molecule has 2 amide bonds. The summed E-state index contributed by atoms with van der Waals surface area (Å²) >= 11 is 0.774. The molecule has 1 aliphatic heterocycles. The zero-order valence-electron chi connectivity index (χ0n) is 12.5. The summed E-state index contributed by atoms with van der Waals surface area (Å²) in [6.07, 6.45) is -0.714. The lowest BCUT2D eigenvalue weighted by Crippen LogP contribution is -2.39. The van der Waals surface area contributed by atoms with E-state index in [1.165, 1.54) is 19.1 Å². The first kappa shape index (κ1) is 17.1. The summed E-state index contributed by atoms with van der Waals surface area (Å²) in [5, 5.41) is 17.7. The number of nitrogens with zero attached hydrogens (tertiary/aromatic N) is 4. The molecular weight excluding hydrogens is 332 g/mol. The maximum atomic E-state index is 12.2. The predicted octanol–water partition coefficient (Wildman–Crippen LogP) is -0.0730. The van der Waals surface area contributed by atoms with Crippen LogP contribution in [0.25, 0.3) is 0 Å². The summed E-state index contributed by atoms with van der Waals surface area (Å²) in [6, 6.07) is -1.04. The number of aliphatic hydroxyl groups is 1. The first-order chi connectivity index (χ1) is 10.3. The molecule has 11 heteroatoms. The van der Waals surface area contributed by atoms with E-state index in [4.69, 9.17) is 4.74 Å². The van der Waals surface area contributed by atoms with E-state index >= 15 is 0 Å². The van der Waals surface area contributed by atoms with Crippen molar-refractivity contribution >= 4 is 32.3 Å². The lowest BCUT2D eigenvalue weighted by molar-refractivity contribution is 0.0633. The van der Waals surface area contributed by atoms with Gasteiger partial charge >= 0.3 is 6.03 Å². The van der Waals surface area contributed by atoms with Crippen LogP contribution in [0.5, 0.6) is 0 Å². The fraction of sp³-hybridized carbons (Fsp3) is 0.727. The number of rotatable bonds is 6. The van der Waals surface area contributed by atoms with Gasteiger partial charge in [0, 0.05) is 14.2 Å². The molecule has 0 spiro atoms. The highest BCUT2D eigenvalue weighted by Gasteiger charge is 2.45. The molecule has 1 aromatic rings. The van der Waals surface area contributed by atoms with E-state index in [1.54, 1.807) is 6.92 Å². The van der Waals surface area contributed by atoms with E-state index in [0.29, 0.717) is 6.42 Å². The normalized spacial score (nSPS) is 22.6. The molecule has 2 rings (SSSR count). The van der Waals surface area contributed by atoms with E-state index < -0.39 is 28.1 Å². The molecule has 0 aromatic carbocycles. The second kappa shape index (κ2) is 6.44. The average molecular weight is 350 g/mol. The van der Waals surface area contributed by atoms with E-state index in [-0.39, 0.29) is 21.8 Å². The molecule has 1 fully saturated rings. The van der Waals surface area contributed by atoms with Gasteiger partial charge in [0.15, 0.2) is 6.23 Å². The maximum absolute atomic E-state index is 12.2. The van der Waals surface area contributed by atoms with Crippen molar-refractivity contribution in [1.82, 2.24) is 15.1 Å². The molecule has 0 saturated carbocycles. The van der Waals surface area contributed by atoms with Crippen molar-refractivity contribution in [3.05, 3.63) is 0 Å². The van der Waals surface area contributed by atoms with Gasteiger partial charge < -0.3 is 14.7 Å². The van der Waals surface area contributed by atoms with Gasteiger partial charge in [0.25, 0.3) is 0 Å². The minimum absolute atomic E-state index is 0.0374. The number of ether oxygens (including phenoxy) is 1. The third-order valence-corrected chi connectivity index (χ3v) is 6.58. The summed E-state index contributed by atoms with van der Waals surface area (Å²) in [5.74, 6) is -0.0374. The number of hydrogen-bond acceptors (Lipinski definition) is 8. The number of likely N-dealkylation sites (N-methyl/N-ethyl adjacent to an activating group) is 1. The number of aliphatic hydroxyl groups excluding tert-OH is 1. The van der Waals surface area contributed by atoms with Gasteiger partial charge in [0.05, 0.1) is 12.4 Å². The number of aromatic nitrogens is 2. The standard InChI is InChI=1S/C11H18N4O5S2/c1-4-5-22(18,19)10-13-12-9(21-10)15-8(16)7(6-20-3)14(2)11(15)17/h7-8,16H,4-6H2,1-3H3. The number of methoxy groups -OCH3 is 1. The molecule has 2 unspecified atom stereocenters. The molecule has 0 aliphatic carbocycles. The van der Waals surface area contributed by atoms with Crippen LogP contribution in [-0.4, -0.2) is 73.4 Å². The zero-order chi connectivity index (χ0) is 16.5. The van der Waals surface area contributed by atoms with Crippen molar-refractivity contribution in [3.8, 4) is 0 Å². The monoisotopic (exact) mass is 350 g/mol. The minimum Gasteiger partial charge on any atom is -0.382 e. The lowest BCUT2D eigenvalue weighted by atomic mass is 10.3. The second-order valence-electron chi connectivity index (χ2n) is 4.87. The Hall–Kier alpha value is -1.30.